The van der Waals surface area contributed by atoms with Crippen molar-refractivity contribution in [3.63, 3.8) is 0 Å². The fourth-order valence-electron chi connectivity index (χ4n) is 2.56. The van der Waals surface area contributed by atoms with Crippen LogP contribution in [-0.4, -0.2) is 11.8 Å². The Balaban J connectivity index is 0.00000210. The predicted molar refractivity (Wildman–Crippen MR) is 142 cm³/mol. The molecule has 0 unspecified atom stereocenters. The van der Waals surface area contributed by atoms with Gasteiger partial charge in [-0.3, -0.25) is 0 Å². The largest absolute Gasteiger partial charge is 0 e. The molecule has 0 aromatic heterocycles. The molecule has 2 aliphatic rings. The molecule has 0 atom stereocenters. The fraction of sp³-hybridized carbons (Fsp3) is 0.0667. The summed E-state index contributed by atoms with van der Waals surface area (Å²) < 4.78 is 3.09. The second-order valence-corrected chi connectivity index (χ2v) is 130. The van der Waals surface area contributed by atoms with Crippen LogP contribution in [0, 0.1) is 7.14 Å². The van der Waals surface area contributed by atoms with Gasteiger partial charge >= 0.3 is 205 Å². The number of carbonyl (C=O) groups is 2. The average molecular weight is 1190 g/mol. The van der Waals surface area contributed by atoms with Crippen molar-refractivity contribution >= 4 is 99.1 Å². The van der Waals surface area contributed by atoms with Gasteiger partial charge in [-0.1, -0.05) is 0 Å². The van der Waals surface area contributed by atoms with Crippen LogP contribution in [0.3, 0.4) is 0 Å². The molecule has 0 spiro atoms. The molecule has 2 aromatic rings. The van der Waals surface area contributed by atoms with E-state index < -0.39 is 15.8 Å². The van der Waals surface area contributed by atoms with E-state index in [0.717, 1.165) is 17.1 Å². The summed E-state index contributed by atoms with van der Waals surface area (Å²) in [6.45, 7) is 0. The SMILES string of the molecule is O=C1CC(=O)N(c2ccccc2)c2ccc3c(c2N1)[I-]I(I)I([I-]I)[IH]3.[V]. The number of anilines is 3. The second kappa shape index (κ2) is 11.3. The van der Waals surface area contributed by atoms with E-state index in [9.17, 15) is 9.59 Å². The summed E-state index contributed by atoms with van der Waals surface area (Å²) in [5, 5.41) is 3.13. The number of hydrogen-bond donors (Lipinski definition) is 1. The number of rotatable bonds is 2. The van der Waals surface area contributed by atoms with Crippen molar-refractivity contribution in [2.45, 2.75) is 6.42 Å². The molecule has 1 radical (unpaired) electrons. The number of hydrogen-bond acceptors (Lipinski definition) is 2. The third-order valence-corrected chi connectivity index (χ3v) is 305. The van der Waals surface area contributed by atoms with Gasteiger partial charge in [-0.05, 0) is 0 Å². The van der Waals surface area contributed by atoms with Gasteiger partial charge in [-0.2, -0.15) is 0 Å². The normalized spacial score (nSPS) is 19.6. The molecule has 1 N–H and O–H groups in total. The molecule has 0 aliphatic carbocycles. The average Bonchev–Trinajstić information content (AvgIpc) is 2.76. The van der Waals surface area contributed by atoms with Crippen LogP contribution in [0.5, 0.6) is 0 Å². The van der Waals surface area contributed by atoms with Crippen molar-refractivity contribution in [3.05, 3.63) is 49.6 Å². The van der Waals surface area contributed by atoms with E-state index in [2.05, 4.69) is 54.7 Å². The summed E-state index contributed by atoms with van der Waals surface area (Å²) in [7, 11) is -1.30. The summed E-state index contributed by atoms with van der Waals surface area (Å²) in [5.74, 6) is -0.307. The molecule has 0 saturated carbocycles. The minimum absolute atomic E-state index is 0. The minimum Gasteiger partial charge on any atom is 0 e. The van der Waals surface area contributed by atoms with Crippen LogP contribution < -0.4 is 40.7 Å². The molecular formula is C15H11I7N2O2V-2. The Labute approximate surface area is 218 Å². The van der Waals surface area contributed by atoms with Crippen molar-refractivity contribution in [1.29, 1.82) is 0 Å². The van der Waals surface area contributed by atoms with Crippen LogP contribution in [0.25, 0.3) is 0 Å². The first-order valence-corrected chi connectivity index (χ1v) is 47.6. The third kappa shape index (κ3) is 5.53. The summed E-state index contributed by atoms with van der Waals surface area (Å²) in [5.41, 5.74) is 2.70. The molecule has 27 heavy (non-hydrogen) atoms. The molecule has 12 heteroatoms. The molecule has 2 aromatic carbocycles. The van der Waals surface area contributed by atoms with Crippen LogP contribution in [-0.2, 0) is 28.1 Å². The maximum Gasteiger partial charge on any atom is 0 e. The van der Waals surface area contributed by atoms with E-state index in [-0.39, 0.29) is 71.3 Å². The summed E-state index contributed by atoms with van der Waals surface area (Å²) >= 11 is 6.10. The number of nitrogens with one attached hydrogen (secondary N) is 1. The van der Waals surface area contributed by atoms with E-state index in [4.69, 9.17) is 0 Å². The number of benzene rings is 2. The molecule has 0 saturated heterocycles. The second-order valence-electron chi connectivity index (χ2n) is 5.10. The van der Waals surface area contributed by atoms with Gasteiger partial charge in [0, 0.05) is 18.6 Å². The van der Waals surface area contributed by atoms with Gasteiger partial charge in [0.05, 0.1) is 0 Å². The zero-order chi connectivity index (χ0) is 18.3. The van der Waals surface area contributed by atoms with Gasteiger partial charge in [0.15, 0.2) is 0 Å². The first-order chi connectivity index (χ1) is 12.6. The smallest absolute Gasteiger partial charge is 0 e. The predicted octanol–water partition coefficient (Wildman–Crippen LogP) is 0.298. The van der Waals surface area contributed by atoms with Crippen molar-refractivity contribution in [2.75, 3.05) is 10.2 Å². The summed E-state index contributed by atoms with van der Waals surface area (Å²) in [6, 6.07) is 14.1. The maximum absolute atomic E-state index is 12.8. The summed E-state index contributed by atoms with van der Waals surface area (Å²) in [4.78, 5) is 27.0. The van der Waals surface area contributed by atoms with E-state index in [1.165, 1.54) is 3.57 Å². The zero-order valence-corrected chi connectivity index (χ0v) is 29.8. The van der Waals surface area contributed by atoms with Gasteiger partial charge in [0.2, 0.25) is 0 Å². The Morgan fingerprint density at radius 1 is 1.19 bits per heavy atom. The Kier molecular flexibility index (Phi) is 10.3. The molecule has 4 rings (SSSR count). The van der Waals surface area contributed by atoms with Crippen LogP contribution >= 0.6 is 70.3 Å². The number of amides is 2. The third-order valence-electron chi connectivity index (χ3n) is 3.56. The molecule has 2 heterocycles. The van der Waals surface area contributed by atoms with Gasteiger partial charge in [0.25, 0.3) is 0 Å². The van der Waals surface area contributed by atoms with E-state index in [1.54, 1.807) is 8.47 Å². The van der Waals surface area contributed by atoms with Crippen LogP contribution in [0.4, 0.5) is 17.1 Å². The van der Waals surface area contributed by atoms with Gasteiger partial charge < -0.3 is 0 Å². The number of fused-ring (bicyclic) bond motifs is 3. The quantitative estimate of drug-likeness (QED) is 0.348. The standard InChI is InChI=1S/C15H11I7N2O2.V/c16-20-22-18-10-6-7-11-15(14(10)19-21(22)17)23-12(25)8-13(26)24(11)9-4-2-1-3-5-9;/h1-7,18H,8H2,(H,23,25);/q-2;. The van der Waals surface area contributed by atoms with E-state index in [1.807, 2.05) is 30.3 Å². The fourth-order valence-corrected chi connectivity index (χ4v) is 371. The molecule has 2 aliphatic heterocycles. The zero-order valence-electron chi connectivity index (χ0n) is 13.1. The number of para-hydroxylation sites is 1. The summed E-state index contributed by atoms with van der Waals surface area (Å²) in [6.07, 6.45) is -0.0857. The minimum atomic E-state index is -0.747. The Morgan fingerprint density at radius 3 is 2.63 bits per heavy atom. The Bertz CT molecular complexity index is 886. The topological polar surface area (TPSA) is 49.4 Å². The van der Waals surface area contributed by atoms with Crippen molar-refractivity contribution in [3.8, 4) is 0 Å². The van der Waals surface area contributed by atoms with Gasteiger partial charge in [0.1, 0.15) is 0 Å². The van der Waals surface area contributed by atoms with E-state index in [0.29, 0.717) is 13.3 Å². The van der Waals surface area contributed by atoms with E-state index >= 15 is 0 Å². The first kappa shape index (κ1) is 24.7. The van der Waals surface area contributed by atoms with Gasteiger partial charge in [-0.25, -0.2) is 0 Å². The molecule has 4 nitrogen and oxygen atoms in total. The molecule has 2 amide bonds. The Morgan fingerprint density at radius 2 is 1.93 bits per heavy atom. The Hall–Kier alpha value is 3.07. The number of nitrogens with zero attached hydrogens (tertiary/aromatic N) is 1. The van der Waals surface area contributed by atoms with Crippen LogP contribution in [0.15, 0.2) is 42.5 Å². The van der Waals surface area contributed by atoms with Crippen molar-refractivity contribution in [1.82, 2.24) is 0 Å². The van der Waals surface area contributed by atoms with Crippen LogP contribution in [0.2, 0.25) is 0 Å². The van der Waals surface area contributed by atoms with Crippen molar-refractivity contribution < 1.29 is 58.6 Å². The number of halogens is 7. The van der Waals surface area contributed by atoms with Crippen LogP contribution in [0.1, 0.15) is 6.42 Å². The molecule has 0 bridgehead atoms. The van der Waals surface area contributed by atoms with Crippen molar-refractivity contribution in [2.24, 2.45) is 0 Å². The monoisotopic (exact) mass is 1190 g/mol. The van der Waals surface area contributed by atoms with Gasteiger partial charge in [-0.15, -0.1) is 0 Å². The molecular weight excluding hydrogens is 1180 g/mol. The maximum atomic E-state index is 12.8. The molecule has 0 fully saturated rings. The first-order valence-electron chi connectivity index (χ1n) is 7.12. The number of carbonyl (C=O) groups excluding carboxylic acids is 2. The molecule has 149 valence electrons.